The van der Waals surface area contributed by atoms with Crippen LogP contribution in [0.5, 0.6) is 5.75 Å². The predicted molar refractivity (Wildman–Crippen MR) is 76.0 cm³/mol. The molecule has 2 aromatic rings. The minimum atomic E-state index is -1.34. The van der Waals surface area contributed by atoms with Crippen molar-refractivity contribution >= 4 is 0 Å². The lowest BCUT2D eigenvalue weighted by molar-refractivity contribution is -0.00255. The number of rotatable bonds is 5. The zero-order chi connectivity index (χ0) is 14.6. The van der Waals surface area contributed by atoms with E-state index in [0.717, 1.165) is 5.56 Å². The van der Waals surface area contributed by atoms with Gasteiger partial charge >= 0.3 is 0 Å². The lowest BCUT2D eigenvalue weighted by atomic mass is 9.95. The molecule has 106 valence electrons. The number of benzene rings is 2. The fourth-order valence-corrected chi connectivity index (χ4v) is 1.93. The van der Waals surface area contributed by atoms with E-state index in [4.69, 9.17) is 10.5 Å². The van der Waals surface area contributed by atoms with E-state index < -0.39 is 11.4 Å². The fraction of sp³-hybridized carbons (Fsp3) is 0.250. The lowest BCUT2D eigenvalue weighted by Gasteiger charge is -2.27. The monoisotopic (exact) mass is 275 g/mol. The second-order valence-electron chi connectivity index (χ2n) is 4.82. The summed E-state index contributed by atoms with van der Waals surface area (Å²) < 4.78 is 19.0. The van der Waals surface area contributed by atoms with Crippen molar-refractivity contribution in [1.82, 2.24) is 0 Å². The Morgan fingerprint density at radius 2 is 1.90 bits per heavy atom. The van der Waals surface area contributed by atoms with Crippen LogP contribution >= 0.6 is 0 Å². The summed E-state index contributed by atoms with van der Waals surface area (Å²) in [5.74, 6) is -0.337. The van der Waals surface area contributed by atoms with Gasteiger partial charge in [0.25, 0.3) is 0 Å². The molecule has 0 amide bonds. The second-order valence-corrected chi connectivity index (χ2v) is 4.82. The van der Waals surface area contributed by atoms with Crippen molar-refractivity contribution in [1.29, 1.82) is 0 Å². The van der Waals surface area contributed by atoms with Crippen LogP contribution < -0.4 is 10.5 Å². The molecule has 0 heterocycles. The van der Waals surface area contributed by atoms with Gasteiger partial charge in [0.2, 0.25) is 0 Å². The molecule has 1 unspecified atom stereocenters. The number of aliphatic hydroxyl groups is 1. The van der Waals surface area contributed by atoms with Crippen LogP contribution in [0.1, 0.15) is 11.1 Å². The van der Waals surface area contributed by atoms with Gasteiger partial charge in [-0.25, -0.2) is 4.39 Å². The molecule has 0 aliphatic heterocycles. The molecular formula is C16H18FNO2. The van der Waals surface area contributed by atoms with E-state index in [0.29, 0.717) is 5.56 Å². The maximum Gasteiger partial charge on any atom is 0.165 e. The van der Waals surface area contributed by atoms with E-state index in [1.165, 1.54) is 6.07 Å². The Morgan fingerprint density at radius 1 is 1.20 bits per heavy atom. The molecule has 0 aromatic heterocycles. The largest absolute Gasteiger partial charge is 0.487 e. The Hall–Kier alpha value is -1.91. The molecule has 2 aromatic carbocycles. The van der Waals surface area contributed by atoms with Crippen LogP contribution in [-0.2, 0) is 5.60 Å². The zero-order valence-electron chi connectivity index (χ0n) is 11.3. The Kier molecular flexibility index (Phi) is 4.37. The SMILES string of the molecule is Cc1ccc(F)c(OCC(O)(CN)c2ccccc2)c1. The molecule has 0 saturated heterocycles. The molecular weight excluding hydrogens is 257 g/mol. The van der Waals surface area contributed by atoms with E-state index in [2.05, 4.69) is 0 Å². The van der Waals surface area contributed by atoms with Gasteiger partial charge in [-0.1, -0.05) is 36.4 Å². The highest BCUT2D eigenvalue weighted by atomic mass is 19.1. The first kappa shape index (κ1) is 14.5. The van der Waals surface area contributed by atoms with Crippen LogP contribution in [0.25, 0.3) is 0 Å². The molecule has 0 radical (unpaired) electrons. The first-order valence-corrected chi connectivity index (χ1v) is 6.42. The Bertz CT molecular complexity index is 574. The third-order valence-electron chi connectivity index (χ3n) is 3.20. The van der Waals surface area contributed by atoms with E-state index in [9.17, 15) is 9.50 Å². The minimum Gasteiger partial charge on any atom is -0.487 e. The molecule has 0 bridgehead atoms. The summed E-state index contributed by atoms with van der Waals surface area (Å²) in [6.07, 6.45) is 0. The van der Waals surface area contributed by atoms with Crippen molar-refractivity contribution < 1.29 is 14.2 Å². The normalized spacial score (nSPS) is 13.8. The van der Waals surface area contributed by atoms with Gasteiger partial charge in [-0.15, -0.1) is 0 Å². The van der Waals surface area contributed by atoms with E-state index in [1.807, 2.05) is 25.1 Å². The van der Waals surface area contributed by atoms with Crippen LogP contribution in [0.3, 0.4) is 0 Å². The topological polar surface area (TPSA) is 55.5 Å². The molecule has 4 heteroatoms. The molecule has 0 aliphatic rings. The summed E-state index contributed by atoms with van der Waals surface area (Å²) >= 11 is 0. The molecule has 0 saturated carbocycles. The summed E-state index contributed by atoms with van der Waals surface area (Å²) in [5.41, 5.74) is 5.85. The second kappa shape index (κ2) is 6.03. The molecule has 0 spiro atoms. The van der Waals surface area contributed by atoms with E-state index in [1.54, 1.807) is 24.3 Å². The van der Waals surface area contributed by atoms with Crippen molar-refractivity contribution in [2.75, 3.05) is 13.2 Å². The van der Waals surface area contributed by atoms with Crippen LogP contribution in [0.15, 0.2) is 48.5 Å². The molecule has 3 nitrogen and oxygen atoms in total. The lowest BCUT2D eigenvalue weighted by Crippen LogP contribution is -2.40. The Morgan fingerprint density at radius 3 is 2.55 bits per heavy atom. The van der Waals surface area contributed by atoms with Gasteiger partial charge in [0.15, 0.2) is 11.6 Å². The predicted octanol–water partition coefficient (Wildman–Crippen LogP) is 2.36. The number of halogens is 1. The van der Waals surface area contributed by atoms with E-state index >= 15 is 0 Å². The molecule has 0 fully saturated rings. The van der Waals surface area contributed by atoms with Crippen LogP contribution in [-0.4, -0.2) is 18.3 Å². The summed E-state index contributed by atoms with van der Waals surface area (Å²) in [6, 6.07) is 13.6. The maximum atomic E-state index is 13.6. The molecule has 3 N–H and O–H groups in total. The highest BCUT2D eigenvalue weighted by Crippen LogP contribution is 2.24. The van der Waals surface area contributed by atoms with Crippen LogP contribution in [0.4, 0.5) is 4.39 Å². The summed E-state index contributed by atoms with van der Waals surface area (Å²) in [4.78, 5) is 0. The summed E-state index contributed by atoms with van der Waals surface area (Å²) in [6.45, 7) is 1.73. The average molecular weight is 275 g/mol. The molecule has 1 atom stereocenters. The van der Waals surface area contributed by atoms with Gasteiger partial charge in [0.1, 0.15) is 12.2 Å². The van der Waals surface area contributed by atoms with Crippen LogP contribution in [0.2, 0.25) is 0 Å². The van der Waals surface area contributed by atoms with Gasteiger partial charge < -0.3 is 15.6 Å². The number of hydrogen-bond acceptors (Lipinski definition) is 3. The van der Waals surface area contributed by atoms with E-state index in [-0.39, 0.29) is 18.9 Å². The zero-order valence-corrected chi connectivity index (χ0v) is 11.3. The Balaban J connectivity index is 2.17. The van der Waals surface area contributed by atoms with Gasteiger partial charge in [-0.05, 0) is 30.2 Å². The highest BCUT2D eigenvalue weighted by molar-refractivity contribution is 5.30. The minimum absolute atomic E-state index is 0.00948. The van der Waals surface area contributed by atoms with Crippen molar-refractivity contribution in [2.45, 2.75) is 12.5 Å². The first-order chi connectivity index (χ1) is 9.55. The maximum absolute atomic E-state index is 13.6. The average Bonchev–Trinajstić information content (AvgIpc) is 2.49. The molecule has 0 aliphatic carbocycles. The summed E-state index contributed by atoms with van der Waals surface area (Å²) in [5, 5.41) is 10.5. The van der Waals surface area contributed by atoms with Gasteiger partial charge in [0.05, 0.1) is 0 Å². The number of ether oxygens (including phenoxy) is 1. The number of hydrogen-bond donors (Lipinski definition) is 2. The third kappa shape index (κ3) is 3.15. The van der Waals surface area contributed by atoms with Gasteiger partial charge in [-0.3, -0.25) is 0 Å². The molecule has 2 rings (SSSR count). The smallest absolute Gasteiger partial charge is 0.165 e. The summed E-state index contributed by atoms with van der Waals surface area (Å²) in [7, 11) is 0. The van der Waals surface area contributed by atoms with Crippen molar-refractivity contribution in [2.24, 2.45) is 5.73 Å². The standard InChI is InChI=1S/C16H18FNO2/c1-12-7-8-14(17)15(9-12)20-11-16(19,10-18)13-5-3-2-4-6-13/h2-9,19H,10-11,18H2,1H3. The third-order valence-corrected chi connectivity index (χ3v) is 3.20. The van der Waals surface area contributed by atoms with Crippen molar-refractivity contribution in [3.63, 3.8) is 0 Å². The highest BCUT2D eigenvalue weighted by Gasteiger charge is 2.29. The van der Waals surface area contributed by atoms with Crippen molar-refractivity contribution in [3.8, 4) is 5.75 Å². The quantitative estimate of drug-likeness (QED) is 0.880. The van der Waals surface area contributed by atoms with Crippen LogP contribution in [0, 0.1) is 12.7 Å². The number of aryl methyl sites for hydroxylation is 1. The van der Waals surface area contributed by atoms with Gasteiger partial charge in [-0.2, -0.15) is 0 Å². The fourth-order valence-electron chi connectivity index (χ4n) is 1.93. The Labute approximate surface area is 117 Å². The number of nitrogens with two attached hydrogens (primary N) is 1. The molecule has 20 heavy (non-hydrogen) atoms. The first-order valence-electron chi connectivity index (χ1n) is 6.42. The van der Waals surface area contributed by atoms with Gasteiger partial charge in [0, 0.05) is 6.54 Å². The van der Waals surface area contributed by atoms with Crippen molar-refractivity contribution in [3.05, 3.63) is 65.5 Å².